The molecule has 2 aromatic rings. The second kappa shape index (κ2) is 7.47. The predicted octanol–water partition coefficient (Wildman–Crippen LogP) is 2.84. The summed E-state index contributed by atoms with van der Waals surface area (Å²) in [7, 11) is 0. The zero-order chi connectivity index (χ0) is 15.8. The monoisotopic (exact) mass is 291 g/mol. The Balaban J connectivity index is 1.89. The number of benzene rings is 2. The summed E-state index contributed by atoms with van der Waals surface area (Å²) in [5.74, 6) is 0.201. The van der Waals surface area contributed by atoms with Crippen molar-refractivity contribution in [3.05, 3.63) is 59.7 Å². The summed E-state index contributed by atoms with van der Waals surface area (Å²) in [4.78, 5) is 11.9. The van der Waals surface area contributed by atoms with E-state index in [1.807, 2.05) is 12.1 Å². The van der Waals surface area contributed by atoms with Gasteiger partial charge in [0.1, 0.15) is 17.9 Å². The Morgan fingerprint density at radius 3 is 2.36 bits per heavy atom. The third kappa shape index (κ3) is 3.84. The molecule has 2 aromatic carbocycles. The van der Waals surface area contributed by atoms with Gasteiger partial charge in [0.15, 0.2) is 0 Å². The van der Waals surface area contributed by atoms with Crippen LogP contribution in [0.2, 0.25) is 0 Å². The van der Waals surface area contributed by atoms with Gasteiger partial charge in [0, 0.05) is 0 Å². The van der Waals surface area contributed by atoms with Crippen molar-refractivity contribution in [3.63, 3.8) is 0 Å². The second-order valence-corrected chi connectivity index (χ2v) is 4.41. The molecule has 0 saturated carbocycles. The van der Waals surface area contributed by atoms with Crippen LogP contribution in [0, 0.1) is 22.7 Å². The van der Waals surface area contributed by atoms with E-state index in [0.717, 1.165) is 0 Å². The van der Waals surface area contributed by atoms with E-state index in [1.54, 1.807) is 48.5 Å². The Morgan fingerprint density at radius 2 is 1.64 bits per heavy atom. The number of carbonyl (C=O) groups is 1. The second-order valence-electron chi connectivity index (χ2n) is 4.41. The highest BCUT2D eigenvalue weighted by atomic mass is 16.5. The van der Waals surface area contributed by atoms with Gasteiger partial charge >= 0.3 is 0 Å². The fraction of sp³-hybridized carbons (Fsp3) is 0.118. The minimum atomic E-state index is -0.253. The number of amides is 1. The topological polar surface area (TPSA) is 85.9 Å². The molecule has 0 radical (unpaired) electrons. The molecule has 0 unspecified atom stereocenters. The Labute approximate surface area is 128 Å². The summed E-state index contributed by atoms with van der Waals surface area (Å²) >= 11 is 0. The van der Waals surface area contributed by atoms with E-state index in [4.69, 9.17) is 15.3 Å². The summed E-state index contributed by atoms with van der Waals surface area (Å²) in [5, 5.41) is 20.6. The maximum absolute atomic E-state index is 11.9. The van der Waals surface area contributed by atoms with Crippen molar-refractivity contribution >= 4 is 11.6 Å². The zero-order valence-corrected chi connectivity index (χ0v) is 11.7. The van der Waals surface area contributed by atoms with Crippen molar-refractivity contribution in [2.75, 3.05) is 11.9 Å². The van der Waals surface area contributed by atoms with Gasteiger partial charge in [-0.25, -0.2) is 0 Å². The van der Waals surface area contributed by atoms with Crippen molar-refractivity contribution < 1.29 is 9.53 Å². The number of rotatable bonds is 5. The van der Waals surface area contributed by atoms with Gasteiger partial charge in [0.2, 0.25) is 5.91 Å². The molecular formula is C17H13N3O2. The number of anilines is 1. The molecule has 0 saturated heterocycles. The van der Waals surface area contributed by atoms with Crippen LogP contribution in [0.5, 0.6) is 5.75 Å². The van der Waals surface area contributed by atoms with Crippen LogP contribution < -0.4 is 10.1 Å². The molecule has 5 nitrogen and oxygen atoms in total. The number of ether oxygens (including phenoxy) is 1. The van der Waals surface area contributed by atoms with Crippen LogP contribution in [0.1, 0.15) is 17.5 Å². The quantitative estimate of drug-likeness (QED) is 0.917. The standard InChI is InChI=1S/C17H13N3O2/c18-11-13-5-1-3-7-15(13)20-17(21)9-10-22-16-8-4-2-6-14(16)12-19/h1-8H,9-10H2,(H,20,21). The predicted molar refractivity (Wildman–Crippen MR) is 81.1 cm³/mol. The van der Waals surface area contributed by atoms with Crippen LogP contribution in [0.25, 0.3) is 0 Å². The van der Waals surface area contributed by atoms with Crippen LogP contribution in [0.15, 0.2) is 48.5 Å². The molecular weight excluding hydrogens is 278 g/mol. The van der Waals surface area contributed by atoms with E-state index in [0.29, 0.717) is 22.6 Å². The number of para-hydroxylation sites is 2. The molecule has 5 heteroatoms. The van der Waals surface area contributed by atoms with E-state index in [1.165, 1.54) is 0 Å². The first-order valence-electron chi connectivity index (χ1n) is 6.65. The molecule has 0 fully saturated rings. The van der Waals surface area contributed by atoms with Gasteiger partial charge in [-0.2, -0.15) is 10.5 Å². The summed E-state index contributed by atoms with van der Waals surface area (Å²) in [6.45, 7) is 0.152. The average Bonchev–Trinajstić information content (AvgIpc) is 2.55. The first kappa shape index (κ1) is 15.1. The van der Waals surface area contributed by atoms with Gasteiger partial charge in [-0.05, 0) is 24.3 Å². The van der Waals surface area contributed by atoms with Crippen molar-refractivity contribution in [3.8, 4) is 17.9 Å². The van der Waals surface area contributed by atoms with E-state index in [2.05, 4.69) is 5.32 Å². The molecule has 0 heterocycles. The van der Waals surface area contributed by atoms with Crippen LogP contribution in [-0.2, 0) is 4.79 Å². The summed E-state index contributed by atoms with van der Waals surface area (Å²) in [6, 6.07) is 17.7. The Hall–Kier alpha value is -3.31. The lowest BCUT2D eigenvalue weighted by molar-refractivity contribution is -0.116. The number of nitrogens with one attached hydrogen (secondary N) is 1. The SMILES string of the molecule is N#Cc1ccccc1NC(=O)CCOc1ccccc1C#N. The average molecular weight is 291 g/mol. The van der Waals surface area contributed by atoms with Crippen molar-refractivity contribution in [1.82, 2.24) is 0 Å². The molecule has 0 aliphatic rings. The third-order valence-electron chi connectivity index (χ3n) is 2.92. The minimum Gasteiger partial charge on any atom is -0.492 e. The molecule has 108 valence electrons. The van der Waals surface area contributed by atoms with Crippen molar-refractivity contribution in [1.29, 1.82) is 10.5 Å². The smallest absolute Gasteiger partial charge is 0.227 e. The van der Waals surface area contributed by atoms with Crippen LogP contribution in [-0.4, -0.2) is 12.5 Å². The lowest BCUT2D eigenvalue weighted by Crippen LogP contribution is -2.16. The van der Waals surface area contributed by atoms with Crippen LogP contribution in [0.3, 0.4) is 0 Å². The highest BCUT2D eigenvalue weighted by Gasteiger charge is 2.07. The number of nitrogens with zero attached hydrogens (tertiary/aromatic N) is 2. The van der Waals surface area contributed by atoms with Gasteiger partial charge in [-0.15, -0.1) is 0 Å². The molecule has 0 aliphatic heterocycles. The first-order chi connectivity index (χ1) is 10.7. The molecule has 0 bridgehead atoms. The number of nitriles is 2. The Bertz CT molecular complexity index is 757. The van der Waals surface area contributed by atoms with E-state index >= 15 is 0 Å². The maximum atomic E-state index is 11.9. The zero-order valence-electron chi connectivity index (χ0n) is 11.7. The highest BCUT2D eigenvalue weighted by Crippen LogP contribution is 2.17. The number of hydrogen-bond acceptors (Lipinski definition) is 4. The maximum Gasteiger partial charge on any atom is 0.227 e. The molecule has 1 N–H and O–H groups in total. The van der Waals surface area contributed by atoms with E-state index in [9.17, 15) is 4.79 Å². The van der Waals surface area contributed by atoms with Crippen LogP contribution >= 0.6 is 0 Å². The van der Waals surface area contributed by atoms with Crippen molar-refractivity contribution in [2.24, 2.45) is 0 Å². The molecule has 0 aromatic heterocycles. The Morgan fingerprint density at radius 1 is 1.00 bits per heavy atom. The Kier molecular flexibility index (Phi) is 5.12. The summed E-state index contributed by atoms with van der Waals surface area (Å²) in [5.41, 5.74) is 1.32. The lowest BCUT2D eigenvalue weighted by atomic mass is 10.2. The molecule has 1 amide bonds. The first-order valence-corrected chi connectivity index (χ1v) is 6.65. The number of hydrogen-bond donors (Lipinski definition) is 1. The summed E-state index contributed by atoms with van der Waals surface area (Å²) < 4.78 is 5.44. The van der Waals surface area contributed by atoms with Crippen LogP contribution in [0.4, 0.5) is 5.69 Å². The van der Waals surface area contributed by atoms with E-state index < -0.39 is 0 Å². The highest BCUT2D eigenvalue weighted by molar-refractivity contribution is 5.92. The fourth-order valence-corrected chi connectivity index (χ4v) is 1.84. The van der Waals surface area contributed by atoms with Gasteiger partial charge < -0.3 is 10.1 Å². The minimum absolute atomic E-state index is 0.125. The van der Waals surface area contributed by atoms with E-state index in [-0.39, 0.29) is 18.9 Å². The molecule has 2 rings (SSSR count). The van der Waals surface area contributed by atoms with Gasteiger partial charge in [0.05, 0.1) is 29.8 Å². The summed E-state index contributed by atoms with van der Waals surface area (Å²) in [6.07, 6.45) is 0.125. The lowest BCUT2D eigenvalue weighted by Gasteiger charge is -2.09. The number of carbonyl (C=O) groups excluding carboxylic acids is 1. The largest absolute Gasteiger partial charge is 0.492 e. The third-order valence-corrected chi connectivity index (χ3v) is 2.92. The molecule has 0 aliphatic carbocycles. The molecule has 0 spiro atoms. The molecule has 22 heavy (non-hydrogen) atoms. The van der Waals surface area contributed by atoms with Gasteiger partial charge in [0.25, 0.3) is 0 Å². The van der Waals surface area contributed by atoms with Crippen molar-refractivity contribution in [2.45, 2.75) is 6.42 Å². The van der Waals surface area contributed by atoms with Gasteiger partial charge in [-0.1, -0.05) is 24.3 Å². The molecule has 0 atom stereocenters. The normalized spacial score (nSPS) is 9.36. The van der Waals surface area contributed by atoms with Gasteiger partial charge in [-0.3, -0.25) is 4.79 Å². The fourth-order valence-electron chi connectivity index (χ4n) is 1.84.